The van der Waals surface area contributed by atoms with Gasteiger partial charge in [-0.05, 0) is 13.8 Å². The van der Waals surface area contributed by atoms with Gasteiger partial charge in [0.15, 0.2) is 11.6 Å². The molecule has 0 amide bonds. The Bertz CT molecular complexity index is 110. The first kappa shape index (κ1) is 12.1. The Morgan fingerprint density at radius 1 is 1.22 bits per heavy atom. The van der Waals surface area contributed by atoms with Gasteiger partial charge in [-0.2, -0.15) is 0 Å². The largest absolute Gasteiger partial charge is 0.298 e. The average Bonchev–Trinajstić information content (AvgIpc) is 1.64. The van der Waals surface area contributed by atoms with Crippen molar-refractivity contribution in [3.63, 3.8) is 0 Å². The van der Waals surface area contributed by atoms with E-state index in [1.807, 2.05) is 0 Å². The fraction of sp³-hybridized carbons (Fsp3) is 0.600. The molecule has 0 rings (SSSR count). The van der Waals surface area contributed by atoms with E-state index >= 15 is 0 Å². The van der Waals surface area contributed by atoms with E-state index in [1.54, 1.807) is 0 Å². The van der Waals surface area contributed by atoms with Gasteiger partial charge < -0.3 is 0 Å². The number of rotatable bonds is 2. The van der Waals surface area contributed by atoms with Crippen LogP contribution in [0.5, 0.6) is 0 Å². The Morgan fingerprint density at radius 2 is 1.44 bits per heavy atom. The van der Waals surface area contributed by atoms with Crippen LogP contribution in [0.2, 0.25) is 0 Å². The van der Waals surface area contributed by atoms with Gasteiger partial charge in [0, 0.05) is 17.1 Å². The molecule has 0 spiro atoms. The van der Waals surface area contributed by atoms with Gasteiger partial charge >= 0.3 is 0 Å². The van der Waals surface area contributed by atoms with Crippen LogP contribution in [0.4, 0.5) is 0 Å². The van der Waals surface area contributed by atoms with Crippen molar-refractivity contribution in [2.45, 2.75) is 18.7 Å². The second kappa shape index (κ2) is 5.15. The fourth-order valence-corrected chi connectivity index (χ4v) is 0.286. The van der Waals surface area contributed by atoms with Crippen molar-refractivity contribution < 1.29 is 26.7 Å². The van der Waals surface area contributed by atoms with Crippen LogP contribution in [0.25, 0.3) is 0 Å². The van der Waals surface area contributed by atoms with E-state index in [4.69, 9.17) is 0 Å². The van der Waals surface area contributed by atoms with Crippen LogP contribution in [0.1, 0.15) is 13.8 Å². The molecule has 0 aliphatic rings. The third-order valence-corrected chi connectivity index (χ3v) is 2.00. The Kier molecular flexibility index (Phi) is 6.90. The zero-order valence-electron chi connectivity index (χ0n) is 5.13. The molecule has 0 unspecified atom stereocenters. The Balaban J connectivity index is 0. The Labute approximate surface area is 73.0 Å². The van der Waals surface area contributed by atoms with Crippen molar-refractivity contribution in [1.82, 2.24) is 0 Å². The molecule has 0 atom stereocenters. The minimum atomic E-state index is -0.595. The normalized spacial score (nSPS) is 8.44. The zero-order chi connectivity index (χ0) is 6.73. The summed E-state index contributed by atoms with van der Waals surface area (Å²) >= 11 is 2.91. The molecule has 0 aromatic heterocycles. The topological polar surface area (TPSA) is 34.1 Å². The summed E-state index contributed by atoms with van der Waals surface area (Å²) in [7, 11) is 0. The first-order valence-corrected chi connectivity index (χ1v) is 3.12. The van der Waals surface area contributed by atoms with Crippen LogP contribution < -0.4 is 0 Å². The maximum Gasteiger partial charge on any atom is 0.150 e. The number of ketones is 2. The quantitative estimate of drug-likeness (QED) is 0.405. The van der Waals surface area contributed by atoms with Crippen molar-refractivity contribution in [3.05, 3.63) is 0 Å². The van der Waals surface area contributed by atoms with E-state index in [-0.39, 0.29) is 28.6 Å². The smallest absolute Gasteiger partial charge is 0.150 e. The number of Topliss-reactive ketones (excluding diaryl/α,β-unsaturated/α-hetero) is 2. The summed E-state index contributed by atoms with van der Waals surface area (Å²) in [5, 5.41) is 0. The fourth-order valence-electron chi connectivity index (χ4n) is 0.286. The molecule has 0 fully saturated rings. The Hall–Kier alpha value is 0.339. The molecule has 0 saturated carbocycles. The van der Waals surface area contributed by atoms with Crippen molar-refractivity contribution in [2.24, 2.45) is 0 Å². The summed E-state index contributed by atoms with van der Waals surface area (Å²) < 4.78 is 0. The van der Waals surface area contributed by atoms with Gasteiger partial charge in [-0.3, -0.25) is 9.59 Å². The minimum Gasteiger partial charge on any atom is -0.298 e. The number of alkyl halides is 1. The van der Waals surface area contributed by atoms with Crippen LogP contribution in [-0.2, 0) is 26.7 Å². The van der Waals surface area contributed by atoms with E-state index < -0.39 is 4.83 Å². The molecule has 0 aromatic rings. The first-order chi connectivity index (χ1) is 3.55. The molecule has 0 bridgehead atoms. The molecule has 0 N–H and O–H groups in total. The number of hydrogen-bond donors (Lipinski definition) is 0. The van der Waals surface area contributed by atoms with Crippen molar-refractivity contribution in [3.8, 4) is 0 Å². The Morgan fingerprint density at radius 3 is 1.44 bits per heavy atom. The molecule has 0 aliphatic heterocycles. The SMILES string of the molecule is CC(=O)C(Br)C(C)=O.[Fe]. The summed E-state index contributed by atoms with van der Waals surface area (Å²) in [6, 6.07) is 0. The first-order valence-electron chi connectivity index (χ1n) is 2.20. The molecule has 0 heterocycles. The maximum atomic E-state index is 10.3. The monoisotopic (exact) mass is 234 g/mol. The molecule has 0 saturated heterocycles. The van der Waals surface area contributed by atoms with Crippen molar-refractivity contribution >= 4 is 27.5 Å². The van der Waals surface area contributed by atoms with Crippen LogP contribution >= 0.6 is 15.9 Å². The minimum absolute atomic E-state index is 0. The zero-order valence-corrected chi connectivity index (χ0v) is 7.82. The van der Waals surface area contributed by atoms with Crippen LogP contribution in [0.15, 0.2) is 0 Å². The molecular formula is C5H7BrFeO2. The van der Waals surface area contributed by atoms with E-state index in [0.717, 1.165) is 0 Å². The molecule has 2 nitrogen and oxygen atoms in total. The molecule has 0 aromatic carbocycles. The third-order valence-electron chi connectivity index (χ3n) is 0.714. The summed E-state index contributed by atoms with van der Waals surface area (Å²) in [6.45, 7) is 2.75. The predicted molar refractivity (Wildman–Crippen MR) is 34.1 cm³/mol. The maximum absolute atomic E-state index is 10.3. The van der Waals surface area contributed by atoms with Gasteiger partial charge in [0.1, 0.15) is 4.83 Å². The summed E-state index contributed by atoms with van der Waals surface area (Å²) in [5.74, 6) is -0.282. The molecule has 0 aliphatic carbocycles. The van der Waals surface area contributed by atoms with Crippen molar-refractivity contribution in [2.75, 3.05) is 0 Å². The number of carbonyl (C=O) groups excluding carboxylic acids is 2. The number of hydrogen-bond acceptors (Lipinski definition) is 2. The second-order valence-corrected chi connectivity index (χ2v) is 2.50. The van der Waals surface area contributed by atoms with Crippen molar-refractivity contribution in [1.29, 1.82) is 0 Å². The van der Waals surface area contributed by atoms with Gasteiger partial charge in [-0.15, -0.1) is 0 Å². The van der Waals surface area contributed by atoms with Gasteiger partial charge in [0.2, 0.25) is 0 Å². The standard InChI is InChI=1S/C5H7BrO2.Fe/c1-3(7)5(6)4(2)8;/h5H,1-2H3;. The number of carbonyl (C=O) groups is 2. The van der Waals surface area contributed by atoms with Gasteiger partial charge in [0.25, 0.3) is 0 Å². The molecule has 54 valence electrons. The number of halogens is 1. The van der Waals surface area contributed by atoms with Crippen LogP contribution in [0.3, 0.4) is 0 Å². The molecule has 0 radical (unpaired) electrons. The predicted octanol–water partition coefficient (Wildman–Crippen LogP) is 0.925. The summed E-state index contributed by atoms with van der Waals surface area (Å²) in [5.41, 5.74) is 0. The van der Waals surface area contributed by atoms with Crippen LogP contribution in [-0.4, -0.2) is 16.4 Å². The second-order valence-electron chi connectivity index (χ2n) is 1.58. The summed E-state index contributed by atoms with van der Waals surface area (Å²) in [4.78, 5) is 20.0. The van der Waals surface area contributed by atoms with E-state index in [9.17, 15) is 9.59 Å². The summed E-state index contributed by atoms with van der Waals surface area (Å²) in [6.07, 6.45) is 0. The molecule has 4 heteroatoms. The average molecular weight is 235 g/mol. The van der Waals surface area contributed by atoms with E-state index in [2.05, 4.69) is 15.9 Å². The van der Waals surface area contributed by atoms with E-state index in [0.29, 0.717) is 0 Å². The van der Waals surface area contributed by atoms with E-state index in [1.165, 1.54) is 13.8 Å². The van der Waals surface area contributed by atoms with Gasteiger partial charge in [-0.1, -0.05) is 15.9 Å². The van der Waals surface area contributed by atoms with Gasteiger partial charge in [-0.25, -0.2) is 0 Å². The molecular weight excluding hydrogens is 228 g/mol. The van der Waals surface area contributed by atoms with Crippen LogP contribution in [0, 0.1) is 0 Å². The van der Waals surface area contributed by atoms with Gasteiger partial charge in [0.05, 0.1) is 0 Å². The molecule has 9 heavy (non-hydrogen) atoms. The third kappa shape index (κ3) is 4.82.